The maximum atomic E-state index is 12.8. The van der Waals surface area contributed by atoms with Crippen molar-refractivity contribution in [2.75, 3.05) is 0 Å². The van der Waals surface area contributed by atoms with Gasteiger partial charge in [0.25, 0.3) is 5.56 Å². The molecule has 0 atom stereocenters. The Balaban J connectivity index is 2.13. The van der Waals surface area contributed by atoms with Gasteiger partial charge >= 0.3 is 0 Å². The quantitative estimate of drug-likeness (QED) is 0.809. The van der Waals surface area contributed by atoms with Crippen molar-refractivity contribution in [3.05, 3.63) is 56.4 Å². The molecule has 0 saturated heterocycles. The number of aromatic hydroxyl groups is 1. The van der Waals surface area contributed by atoms with Crippen molar-refractivity contribution in [1.82, 2.24) is 4.57 Å². The maximum Gasteiger partial charge on any atom is 0.271 e. The number of nitriles is 1. The van der Waals surface area contributed by atoms with Crippen molar-refractivity contribution in [3.63, 3.8) is 0 Å². The summed E-state index contributed by atoms with van der Waals surface area (Å²) in [6.45, 7) is 5.69. The Kier molecular flexibility index (Phi) is 5.46. The van der Waals surface area contributed by atoms with E-state index in [1.54, 1.807) is 13.1 Å². The smallest absolute Gasteiger partial charge is 0.271 e. The molecule has 1 saturated carbocycles. The SMILES string of the molecule is Cc1ccc(N=Cc2c(C)c(C#N)c(=O)n(C3CCCCC3)c2O)c(C)c1. The summed E-state index contributed by atoms with van der Waals surface area (Å²) in [6, 6.07) is 7.91. The van der Waals surface area contributed by atoms with E-state index in [9.17, 15) is 15.2 Å². The molecule has 1 aliphatic carbocycles. The summed E-state index contributed by atoms with van der Waals surface area (Å²) in [4.78, 5) is 17.3. The van der Waals surface area contributed by atoms with Crippen molar-refractivity contribution >= 4 is 11.9 Å². The Morgan fingerprint density at radius 2 is 1.93 bits per heavy atom. The van der Waals surface area contributed by atoms with Gasteiger partial charge in [0.2, 0.25) is 5.88 Å². The van der Waals surface area contributed by atoms with E-state index in [4.69, 9.17) is 0 Å². The first kappa shape index (κ1) is 18.9. The fourth-order valence-electron chi connectivity index (χ4n) is 3.86. The molecule has 0 amide bonds. The molecule has 1 aliphatic rings. The molecule has 1 fully saturated rings. The van der Waals surface area contributed by atoms with E-state index < -0.39 is 5.56 Å². The normalized spacial score (nSPS) is 15.2. The fraction of sp³-hybridized carbons (Fsp3) is 0.409. The van der Waals surface area contributed by atoms with Crippen LogP contribution in [0.3, 0.4) is 0 Å². The summed E-state index contributed by atoms with van der Waals surface area (Å²) in [5, 5.41) is 20.4. The molecule has 2 aromatic rings. The molecule has 0 bridgehead atoms. The van der Waals surface area contributed by atoms with Crippen LogP contribution in [-0.4, -0.2) is 15.9 Å². The van der Waals surface area contributed by atoms with Crippen LogP contribution in [0, 0.1) is 32.1 Å². The molecule has 140 valence electrons. The van der Waals surface area contributed by atoms with Gasteiger partial charge < -0.3 is 5.11 Å². The van der Waals surface area contributed by atoms with E-state index in [0.29, 0.717) is 11.1 Å². The van der Waals surface area contributed by atoms with Crippen molar-refractivity contribution in [1.29, 1.82) is 5.26 Å². The Bertz CT molecular complexity index is 990. The van der Waals surface area contributed by atoms with Crippen LogP contribution in [0.15, 0.2) is 28.0 Å². The Labute approximate surface area is 159 Å². The Morgan fingerprint density at radius 1 is 1.22 bits per heavy atom. The van der Waals surface area contributed by atoms with E-state index in [0.717, 1.165) is 48.9 Å². The second-order valence-corrected chi connectivity index (χ2v) is 7.36. The molecule has 1 aromatic heterocycles. The fourth-order valence-corrected chi connectivity index (χ4v) is 3.86. The van der Waals surface area contributed by atoms with Crippen LogP contribution in [0.25, 0.3) is 0 Å². The largest absolute Gasteiger partial charge is 0.494 e. The molecule has 1 aromatic carbocycles. The number of aromatic nitrogens is 1. The summed E-state index contributed by atoms with van der Waals surface area (Å²) in [5.41, 5.74) is 3.58. The number of pyridine rings is 1. The van der Waals surface area contributed by atoms with Gasteiger partial charge in [-0.2, -0.15) is 5.26 Å². The van der Waals surface area contributed by atoms with E-state index in [1.807, 2.05) is 38.1 Å². The molecule has 0 aliphatic heterocycles. The number of rotatable bonds is 3. The molecular formula is C22H25N3O2. The predicted octanol–water partition coefficient (Wildman–Crippen LogP) is 4.61. The monoisotopic (exact) mass is 363 g/mol. The average Bonchev–Trinajstić information content (AvgIpc) is 2.64. The maximum absolute atomic E-state index is 12.8. The van der Waals surface area contributed by atoms with Gasteiger partial charge in [0.15, 0.2) is 0 Å². The summed E-state index contributed by atoms with van der Waals surface area (Å²) in [5.74, 6) is -0.0862. The zero-order valence-electron chi connectivity index (χ0n) is 16.1. The highest BCUT2D eigenvalue weighted by Gasteiger charge is 2.24. The minimum atomic E-state index is -0.400. The molecule has 0 spiro atoms. The number of hydrogen-bond donors (Lipinski definition) is 1. The second kappa shape index (κ2) is 7.79. The number of aliphatic imine (C=N–C) groups is 1. The number of benzene rings is 1. The van der Waals surface area contributed by atoms with Gasteiger partial charge in [0, 0.05) is 12.3 Å². The van der Waals surface area contributed by atoms with Crippen molar-refractivity contribution in [2.24, 2.45) is 4.99 Å². The van der Waals surface area contributed by atoms with Crippen molar-refractivity contribution < 1.29 is 5.11 Å². The van der Waals surface area contributed by atoms with Gasteiger partial charge in [-0.25, -0.2) is 0 Å². The minimum Gasteiger partial charge on any atom is -0.494 e. The number of nitrogens with zero attached hydrogens (tertiary/aromatic N) is 3. The zero-order chi connectivity index (χ0) is 19.6. The van der Waals surface area contributed by atoms with Gasteiger partial charge in [-0.05, 0) is 50.8 Å². The Morgan fingerprint density at radius 3 is 2.56 bits per heavy atom. The summed E-state index contributed by atoms with van der Waals surface area (Å²) >= 11 is 0. The van der Waals surface area contributed by atoms with Crippen molar-refractivity contribution in [3.8, 4) is 11.9 Å². The summed E-state index contributed by atoms with van der Waals surface area (Å²) in [6.07, 6.45) is 6.45. The van der Waals surface area contributed by atoms with Crippen LogP contribution in [0.2, 0.25) is 0 Å². The van der Waals surface area contributed by atoms with Crippen LogP contribution < -0.4 is 5.56 Å². The molecule has 0 radical (unpaired) electrons. The first-order valence-corrected chi connectivity index (χ1v) is 9.43. The van der Waals surface area contributed by atoms with Crippen LogP contribution in [0.1, 0.15) is 66.0 Å². The Hall–Kier alpha value is -2.87. The third-order valence-electron chi connectivity index (χ3n) is 5.42. The van der Waals surface area contributed by atoms with Crippen molar-refractivity contribution in [2.45, 2.75) is 58.9 Å². The third kappa shape index (κ3) is 3.66. The van der Waals surface area contributed by atoms with Gasteiger partial charge in [0.05, 0.1) is 11.3 Å². The van der Waals surface area contributed by atoms with Gasteiger partial charge in [-0.3, -0.25) is 14.4 Å². The lowest BCUT2D eigenvalue weighted by Crippen LogP contribution is -2.30. The number of hydrogen-bond acceptors (Lipinski definition) is 4. The van der Waals surface area contributed by atoms with Gasteiger partial charge in [0.1, 0.15) is 11.6 Å². The van der Waals surface area contributed by atoms with E-state index in [2.05, 4.69) is 4.99 Å². The molecule has 0 unspecified atom stereocenters. The highest BCUT2D eigenvalue weighted by Crippen LogP contribution is 2.32. The summed E-state index contributed by atoms with van der Waals surface area (Å²) in [7, 11) is 0. The first-order valence-electron chi connectivity index (χ1n) is 9.43. The van der Waals surface area contributed by atoms with E-state index in [-0.39, 0.29) is 17.5 Å². The summed E-state index contributed by atoms with van der Waals surface area (Å²) < 4.78 is 1.41. The topological polar surface area (TPSA) is 78.4 Å². The molecule has 1 heterocycles. The van der Waals surface area contributed by atoms with Crippen LogP contribution >= 0.6 is 0 Å². The lowest BCUT2D eigenvalue weighted by molar-refractivity contribution is 0.303. The molecule has 3 rings (SSSR count). The lowest BCUT2D eigenvalue weighted by Gasteiger charge is -2.26. The molecule has 5 heteroatoms. The molecular weight excluding hydrogens is 338 g/mol. The predicted molar refractivity (Wildman–Crippen MR) is 107 cm³/mol. The average molecular weight is 363 g/mol. The van der Waals surface area contributed by atoms with Crippen LogP contribution in [0.5, 0.6) is 5.88 Å². The zero-order valence-corrected chi connectivity index (χ0v) is 16.1. The van der Waals surface area contributed by atoms with Crippen LogP contribution in [0.4, 0.5) is 5.69 Å². The second-order valence-electron chi connectivity index (χ2n) is 7.36. The highest BCUT2D eigenvalue weighted by atomic mass is 16.3. The van der Waals surface area contributed by atoms with E-state index >= 15 is 0 Å². The highest BCUT2D eigenvalue weighted by molar-refractivity contribution is 5.87. The number of aryl methyl sites for hydroxylation is 2. The third-order valence-corrected chi connectivity index (χ3v) is 5.42. The molecule has 1 N–H and O–H groups in total. The van der Waals surface area contributed by atoms with Gasteiger partial charge in [-0.15, -0.1) is 0 Å². The van der Waals surface area contributed by atoms with Gasteiger partial charge in [-0.1, -0.05) is 37.0 Å². The lowest BCUT2D eigenvalue weighted by atomic mass is 9.94. The van der Waals surface area contributed by atoms with E-state index in [1.165, 1.54) is 4.57 Å². The van der Waals surface area contributed by atoms with Crippen LogP contribution in [-0.2, 0) is 0 Å². The molecule has 5 nitrogen and oxygen atoms in total. The molecule has 27 heavy (non-hydrogen) atoms. The first-order chi connectivity index (χ1) is 12.9. The minimum absolute atomic E-state index is 0.0628. The standard InChI is InChI=1S/C22H25N3O2/c1-14-9-10-20(15(2)11-14)24-13-19-16(3)18(12-23)21(26)25(22(19)27)17-7-5-4-6-8-17/h9-11,13,17,27H,4-8H2,1-3H3.